The van der Waals surface area contributed by atoms with Gasteiger partial charge in [0.2, 0.25) is 5.91 Å². The minimum Gasteiger partial charge on any atom is -0.482 e. The van der Waals surface area contributed by atoms with Crippen LogP contribution in [0.1, 0.15) is 36.5 Å². The topological polar surface area (TPSA) is 113 Å². The lowest BCUT2D eigenvalue weighted by atomic mass is 10.0. The molecule has 0 aliphatic carbocycles. The highest BCUT2D eigenvalue weighted by atomic mass is 16.5. The molecule has 0 aromatic heterocycles. The van der Waals surface area contributed by atoms with Gasteiger partial charge in [0.15, 0.2) is 12.4 Å². The SMILES string of the molecule is CCC(NC(=O)CCC(=O)c1ccc2c(c1)N(C)C(=O)CO2)C(=O)O. The molecule has 1 aliphatic heterocycles. The van der Waals surface area contributed by atoms with Crippen molar-refractivity contribution in [3.63, 3.8) is 0 Å². The number of carbonyl (C=O) groups excluding carboxylic acids is 3. The molecular weight excluding hydrogens is 328 g/mol. The first-order valence-corrected chi connectivity index (χ1v) is 7.92. The van der Waals surface area contributed by atoms with E-state index >= 15 is 0 Å². The Kier molecular flexibility index (Phi) is 5.74. The number of aliphatic carboxylic acids is 1. The number of carbonyl (C=O) groups is 4. The van der Waals surface area contributed by atoms with Gasteiger partial charge in [-0.05, 0) is 24.6 Å². The molecule has 0 bridgehead atoms. The average molecular weight is 348 g/mol. The first-order chi connectivity index (χ1) is 11.8. The number of Topliss-reactive ketones (excluding diaryl/α,β-unsaturated/α-hetero) is 1. The Morgan fingerprint density at radius 3 is 2.68 bits per heavy atom. The number of nitrogens with zero attached hydrogens (tertiary/aromatic N) is 1. The van der Waals surface area contributed by atoms with E-state index in [1.54, 1.807) is 32.2 Å². The summed E-state index contributed by atoms with van der Waals surface area (Å²) < 4.78 is 5.30. The van der Waals surface area contributed by atoms with Gasteiger partial charge in [-0.1, -0.05) is 6.92 Å². The number of fused-ring (bicyclic) bond motifs is 1. The van der Waals surface area contributed by atoms with Crippen molar-refractivity contribution in [2.75, 3.05) is 18.6 Å². The fourth-order valence-electron chi connectivity index (χ4n) is 2.42. The summed E-state index contributed by atoms with van der Waals surface area (Å²) >= 11 is 0. The van der Waals surface area contributed by atoms with Gasteiger partial charge in [0.25, 0.3) is 5.91 Å². The van der Waals surface area contributed by atoms with Crippen LogP contribution in [0.5, 0.6) is 5.75 Å². The number of amides is 2. The quantitative estimate of drug-likeness (QED) is 0.710. The van der Waals surface area contributed by atoms with Crippen LogP contribution in [0.2, 0.25) is 0 Å². The van der Waals surface area contributed by atoms with Gasteiger partial charge in [-0.2, -0.15) is 0 Å². The number of nitrogens with one attached hydrogen (secondary N) is 1. The normalized spacial score (nSPS) is 14.3. The van der Waals surface area contributed by atoms with Crippen molar-refractivity contribution in [3.8, 4) is 5.75 Å². The highest BCUT2D eigenvalue weighted by molar-refractivity contribution is 6.02. The number of benzene rings is 1. The van der Waals surface area contributed by atoms with Crippen LogP contribution >= 0.6 is 0 Å². The molecule has 2 amide bonds. The van der Waals surface area contributed by atoms with E-state index < -0.39 is 17.9 Å². The maximum Gasteiger partial charge on any atom is 0.326 e. The highest BCUT2D eigenvalue weighted by Crippen LogP contribution is 2.32. The van der Waals surface area contributed by atoms with Gasteiger partial charge in [-0.3, -0.25) is 14.4 Å². The number of hydrogen-bond acceptors (Lipinski definition) is 5. The molecule has 1 heterocycles. The number of carboxylic acids is 1. The summed E-state index contributed by atoms with van der Waals surface area (Å²) in [7, 11) is 1.60. The third-order valence-electron chi connectivity index (χ3n) is 3.99. The van der Waals surface area contributed by atoms with Crippen molar-refractivity contribution in [2.45, 2.75) is 32.2 Å². The predicted molar refractivity (Wildman–Crippen MR) is 88.8 cm³/mol. The van der Waals surface area contributed by atoms with Crippen molar-refractivity contribution in [3.05, 3.63) is 23.8 Å². The summed E-state index contributed by atoms with van der Waals surface area (Å²) in [6.45, 7) is 1.61. The molecule has 134 valence electrons. The Balaban J connectivity index is 1.99. The molecule has 0 fully saturated rings. The van der Waals surface area contributed by atoms with Crippen LogP contribution in [-0.4, -0.2) is 48.4 Å². The second-order valence-electron chi connectivity index (χ2n) is 5.71. The number of ether oxygens (including phenoxy) is 1. The summed E-state index contributed by atoms with van der Waals surface area (Å²) in [4.78, 5) is 48.0. The minimum atomic E-state index is -1.11. The first kappa shape index (κ1) is 18.4. The van der Waals surface area contributed by atoms with E-state index in [0.29, 0.717) is 17.0 Å². The van der Waals surface area contributed by atoms with E-state index in [0.717, 1.165) is 0 Å². The molecule has 0 radical (unpaired) electrons. The fourth-order valence-corrected chi connectivity index (χ4v) is 2.42. The number of hydrogen-bond donors (Lipinski definition) is 2. The van der Waals surface area contributed by atoms with Crippen LogP contribution in [0.15, 0.2) is 18.2 Å². The third-order valence-corrected chi connectivity index (χ3v) is 3.99. The maximum atomic E-state index is 12.3. The molecule has 0 saturated heterocycles. The second-order valence-corrected chi connectivity index (χ2v) is 5.71. The number of likely N-dealkylation sites (N-methyl/N-ethyl adjacent to an activating group) is 1. The third kappa shape index (κ3) is 4.34. The molecule has 1 aliphatic rings. The van der Waals surface area contributed by atoms with E-state index in [1.165, 1.54) is 4.90 Å². The molecule has 0 saturated carbocycles. The molecule has 1 aromatic carbocycles. The van der Waals surface area contributed by atoms with Crippen LogP contribution in [0, 0.1) is 0 Å². The summed E-state index contributed by atoms with van der Waals surface area (Å²) in [5.41, 5.74) is 0.866. The smallest absolute Gasteiger partial charge is 0.326 e. The lowest BCUT2D eigenvalue weighted by Crippen LogP contribution is -2.40. The van der Waals surface area contributed by atoms with Crippen LogP contribution < -0.4 is 15.0 Å². The van der Waals surface area contributed by atoms with E-state index in [1.807, 2.05) is 0 Å². The van der Waals surface area contributed by atoms with Gasteiger partial charge >= 0.3 is 5.97 Å². The standard InChI is InChI=1S/C17H20N2O6/c1-3-11(17(23)24)18-15(21)7-5-13(20)10-4-6-14-12(8-10)19(2)16(22)9-25-14/h4,6,8,11H,3,5,7,9H2,1-2H3,(H,18,21)(H,23,24). The molecule has 2 N–H and O–H groups in total. The van der Waals surface area contributed by atoms with E-state index in [9.17, 15) is 19.2 Å². The molecule has 8 nitrogen and oxygen atoms in total. The number of ketones is 1. The highest BCUT2D eigenvalue weighted by Gasteiger charge is 2.24. The number of rotatable bonds is 7. The van der Waals surface area contributed by atoms with E-state index in [4.69, 9.17) is 9.84 Å². The maximum absolute atomic E-state index is 12.3. The summed E-state index contributed by atoms with van der Waals surface area (Å²) in [6, 6.07) is 3.79. The predicted octanol–water partition coefficient (Wildman–Crippen LogP) is 0.984. The van der Waals surface area contributed by atoms with Gasteiger partial charge in [-0.15, -0.1) is 0 Å². The van der Waals surface area contributed by atoms with Crippen LogP contribution in [-0.2, 0) is 14.4 Å². The summed E-state index contributed by atoms with van der Waals surface area (Å²) in [5.74, 6) is -1.56. The molecule has 2 rings (SSSR count). The Bertz CT molecular complexity index is 715. The molecular formula is C17H20N2O6. The van der Waals surface area contributed by atoms with E-state index in [-0.39, 0.29) is 37.6 Å². The summed E-state index contributed by atoms with van der Waals surface area (Å²) in [5, 5.41) is 11.3. The Morgan fingerprint density at radius 2 is 2.04 bits per heavy atom. The number of anilines is 1. The lowest BCUT2D eigenvalue weighted by Gasteiger charge is -2.26. The van der Waals surface area contributed by atoms with E-state index in [2.05, 4.69) is 5.32 Å². The fraction of sp³-hybridized carbons (Fsp3) is 0.412. The Hall–Kier alpha value is -2.90. The van der Waals surface area contributed by atoms with Gasteiger partial charge < -0.3 is 20.1 Å². The van der Waals surface area contributed by atoms with Crippen LogP contribution in [0.3, 0.4) is 0 Å². The van der Waals surface area contributed by atoms with Crippen molar-refractivity contribution in [1.29, 1.82) is 0 Å². The largest absolute Gasteiger partial charge is 0.482 e. The van der Waals surface area contributed by atoms with Crippen molar-refractivity contribution >= 4 is 29.3 Å². The monoisotopic (exact) mass is 348 g/mol. The summed E-state index contributed by atoms with van der Waals surface area (Å²) in [6.07, 6.45) is 0.102. The Labute approximate surface area is 144 Å². The number of carboxylic acid groups (broad SMARTS) is 1. The average Bonchev–Trinajstić information content (AvgIpc) is 2.60. The van der Waals surface area contributed by atoms with Gasteiger partial charge in [0.05, 0.1) is 5.69 Å². The molecule has 1 unspecified atom stereocenters. The zero-order valence-electron chi connectivity index (χ0n) is 14.1. The lowest BCUT2D eigenvalue weighted by molar-refractivity contribution is -0.141. The molecule has 25 heavy (non-hydrogen) atoms. The van der Waals surface area contributed by atoms with Gasteiger partial charge in [-0.25, -0.2) is 4.79 Å². The molecule has 0 spiro atoms. The van der Waals surface area contributed by atoms with Gasteiger partial charge in [0.1, 0.15) is 11.8 Å². The molecule has 8 heteroatoms. The van der Waals surface area contributed by atoms with Crippen LogP contribution in [0.4, 0.5) is 5.69 Å². The Morgan fingerprint density at radius 1 is 1.32 bits per heavy atom. The zero-order valence-corrected chi connectivity index (χ0v) is 14.1. The van der Waals surface area contributed by atoms with Crippen molar-refractivity contribution in [1.82, 2.24) is 5.32 Å². The van der Waals surface area contributed by atoms with Crippen molar-refractivity contribution < 1.29 is 29.0 Å². The first-order valence-electron chi connectivity index (χ1n) is 7.92. The molecule has 1 aromatic rings. The van der Waals surface area contributed by atoms with Crippen LogP contribution in [0.25, 0.3) is 0 Å². The zero-order chi connectivity index (χ0) is 18.6. The minimum absolute atomic E-state index is 0.0425. The molecule has 1 atom stereocenters. The second kappa shape index (κ2) is 7.78. The van der Waals surface area contributed by atoms with Gasteiger partial charge in [0, 0.05) is 25.5 Å². The van der Waals surface area contributed by atoms with Crippen molar-refractivity contribution in [2.24, 2.45) is 0 Å².